The second-order valence-electron chi connectivity index (χ2n) is 3.90. The van der Waals surface area contributed by atoms with E-state index in [4.69, 9.17) is 21.6 Å². The van der Waals surface area contributed by atoms with E-state index in [9.17, 15) is 0 Å². The summed E-state index contributed by atoms with van der Waals surface area (Å²) in [5, 5.41) is 9.72. The molecule has 1 atom stereocenters. The maximum atomic E-state index is 9.05. The molecule has 84 valence electrons. The van der Waals surface area contributed by atoms with Crippen LogP contribution in [-0.4, -0.2) is 25.8 Å². The van der Waals surface area contributed by atoms with Gasteiger partial charge in [0.2, 0.25) is 0 Å². The van der Waals surface area contributed by atoms with Crippen molar-refractivity contribution in [3.05, 3.63) is 28.8 Å². The molecule has 0 radical (unpaired) electrons. The molecule has 1 aliphatic rings. The smallest absolute Gasteiger partial charge is 0.101 e. The van der Waals surface area contributed by atoms with Crippen LogP contribution in [0.5, 0.6) is 0 Å². The Morgan fingerprint density at radius 2 is 2.38 bits per heavy atom. The predicted molar refractivity (Wildman–Crippen MR) is 63.8 cm³/mol. The lowest BCUT2D eigenvalue weighted by molar-refractivity contribution is 0.0532. The summed E-state index contributed by atoms with van der Waals surface area (Å²) in [5.41, 5.74) is 1.57. The van der Waals surface area contributed by atoms with Crippen molar-refractivity contribution in [2.45, 2.75) is 13.0 Å². The topological polar surface area (TPSA) is 36.3 Å². The minimum atomic E-state index is 0.194. The standard InChI is InChI=1S/C12H13ClN2O/c1-9-8-15(4-5-16-9)12-6-11(13)3-2-10(12)7-14/h2-3,6,9H,4-5,8H2,1H3. The third-order valence-corrected chi connectivity index (χ3v) is 2.90. The van der Waals surface area contributed by atoms with Gasteiger partial charge < -0.3 is 9.64 Å². The number of hydrogen-bond donors (Lipinski definition) is 0. The number of rotatable bonds is 1. The first-order chi connectivity index (χ1) is 7.70. The predicted octanol–water partition coefficient (Wildman–Crippen LogP) is 2.44. The van der Waals surface area contributed by atoms with Crippen molar-refractivity contribution in [2.24, 2.45) is 0 Å². The maximum Gasteiger partial charge on any atom is 0.101 e. The first-order valence-corrected chi connectivity index (χ1v) is 5.64. The number of ether oxygens (including phenoxy) is 1. The number of nitriles is 1. The Hall–Kier alpha value is -1.24. The van der Waals surface area contributed by atoms with Crippen LogP contribution in [-0.2, 0) is 4.74 Å². The summed E-state index contributed by atoms with van der Waals surface area (Å²) in [5.74, 6) is 0. The summed E-state index contributed by atoms with van der Waals surface area (Å²) in [6.45, 7) is 4.33. The lowest BCUT2D eigenvalue weighted by Crippen LogP contribution is -2.41. The van der Waals surface area contributed by atoms with Crippen LogP contribution < -0.4 is 4.90 Å². The molecule has 1 unspecified atom stereocenters. The Morgan fingerprint density at radius 1 is 1.56 bits per heavy atom. The van der Waals surface area contributed by atoms with Gasteiger partial charge in [0, 0.05) is 18.1 Å². The quantitative estimate of drug-likeness (QED) is 0.752. The highest BCUT2D eigenvalue weighted by Gasteiger charge is 2.19. The zero-order valence-electron chi connectivity index (χ0n) is 9.11. The van der Waals surface area contributed by atoms with Crippen LogP contribution in [0.1, 0.15) is 12.5 Å². The van der Waals surface area contributed by atoms with Crippen LogP contribution in [0.3, 0.4) is 0 Å². The van der Waals surface area contributed by atoms with Gasteiger partial charge in [0.15, 0.2) is 0 Å². The van der Waals surface area contributed by atoms with Gasteiger partial charge in [-0.1, -0.05) is 11.6 Å². The highest BCUT2D eigenvalue weighted by Crippen LogP contribution is 2.25. The fourth-order valence-corrected chi connectivity index (χ4v) is 2.06. The van der Waals surface area contributed by atoms with Crippen molar-refractivity contribution in [1.82, 2.24) is 0 Å². The summed E-state index contributed by atoms with van der Waals surface area (Å²) >= 11 is 5.96. The van der Waals surface area contributed by atoms with Crippen LogP contribution in [0.25, 0.3) is 0 Å². The third-order valence-electron chi connectivity index (χ3n) is 2.66. The Balaban J connectivity index is 2.31. The summed E-state index contributed by atoms with van der Waals surface area (Å²) in [6, 6.07) is 7.54. The zero-order chi connectivity index (χ0) is 11.5. The molecular weight excluding hydrogens is 224 g/mol. The molecule has 0 aliphatic carbocycles. The minimum Gasteiger partial charge on any atom is -0.375 e. The van der Waals surface area contributed by atoms with E-state index in [-0.39, 0.29) is 6.10 Å². The molecule has 1 heterocycles. The van der Waals surface area contributed by atoms with E-state index >= 15 is 0 Å². The maximum absolute atomic E-state index is 9.05. The first-order valence-electron chi connectivity index (χ1n) is 5.27. The van der Waals surface area contributed by atoms with E-state index in [1.807, 2.05) is 13.0 Å². The third kappa shape index (κ3) is 2.29. The largest absolute Gasteiger partial charge is 0.375 e. The molecule has 0 amide bonds. The summed E-state index contributed by atoms with van der Waals surface area (Å²) in [7, 11) is 0. The molecule has 0 bridgehead atoms. The molecular formula is C12H13ClN2O. The van der Waals surface area contributed by atoms with Gasteiger partial charge in [0.1, 0.15) is 6.07 Å². The summed E-state index contributed by atoms with van der Waals surface area (Å²) in [6.07, 6.45) is 0.194. The average Bonchev–Trinajstić information content (AvgIpc) is 2.29. The molecule has 16 heavy (non-hydrogen) atoms. The molecule has 1 fully saturated rings. The van der Waals surface area contributed by atoms with Crippen LogP contribution >= 0.6 is 11.6 Å². The van der Waals surface area contributed by atoms with E-state index in [0.29, 0.717) is 17.2 Å². The Labute approximate surface area is 100 Å². The number of nitrogens with zero attached hydrogens (tertiary/aromatic N) is 2. The number of benzene rings is 1. The second kappa shape index (κ2) is 4.73. The molecule has 1 aromatic carbocycles. The molecule has 2 rings (SSSR count). The fourth-order valence-electron chi connectivity index (χ4n) is 1.90. The first kappa shape index (κ1) is 11.3. The van der Waals surface area contributed by atoms with E-state index in [1.165, 1.54) is 0 Å². The van der Waals surface area contributed by atoms with E-state index in [2.05, 4.69) is 11.0 Å². The SMILES string of the molecule is CC1CN(c2cc(Cl)ccc2C#N)CCO1. The molecule has 1 aliphatic heterocycles. The average molecular weight is 237 g/mol. The van der Waals surface area contributed by atoms with Crippen LogP contribution in [0.15, 0.2) is 18.2 Å². The van der Waals surface area contributed by atoms with Gasteiger partial charge in [-0.15, -0.1) is 0 Å². The summed E-state index contributed by atoms with van der Waals surface area (Å²) in [4.78, 5) is 2.15. The summed E-state index contributed by atoms with van der Waals surface area (Å²) < 4.78 is 5.48. The van der Waals surface area contributed by atoms with Crippen molar-refractivity contribution in [3.8, 4) is 6.07 Å². The van der Waals surface area contributed by atoms with Gasteiger partial charge in [-0.25, -0.2) is 0 Å². The highest BCUT2D eigenvalue weighted by molar-refractivity contribution is 6.30. The van der Waals surface area contributed by atoms with Crippen LogP contribution in [0.4, 0.5) is 5.69 Å². The van der Waals surface area contributed by atoms with Crippen molar-refractivity contribution in [1.29, 1.82) is 5.26 Å². The molecule has 0 N–H and O–H groups in total. The molecule has 0 spiro atoms. The number of hydrogen-bond acceptors (Lipinski definition) is 3. The van der Waals surface area contributed by atoms with Crippen LogP contribution in [0.2, 0.25) is 5.02 Å². The molecule has 1 aromatic rings. The Bertz CT molecular complexity index is 428. The second-order valence-corrected chi connectivity index (χ2v) is 4.34. The van der Waals surface area contributed by atoms with E-state index < -0.39 is 0 Å². The highest BCUT2D eigenvalue weighted by atomic mass is 35.5. The lowest BCUT2D eigenvalue weighted by Gasteiger charge is -2.33. The van der Waals surface area contributed by atoms with Gasteiger partial charge in [-0.3, -0.25) is 0 Å². The normalized spacial score (nSPS) is 20.6. The van der Waals surface area contributed by atoms with Gasteiger partial charge in [-0.05, 0) is 25.1 Å². The van der Waals surface area contributed by atoms with Gasteiger partial charge in [-0.2, -0.15) is 5.26 Å². The van der Waals surface area contributed by atoms with E-state index in [1.54, 1.807) is 12.1 Å². The molecule has 0 aromatic heterocycles. The van der Waals surface area contributed by atoms with Gasteiger partial charge in [0.25, 0.3) is 0 Å². The fraction of sp³-hybridized carbons (Fsp3) is 0.417. The number of morpholine rings is 1. The molecule has 4 heteroatoms. The van der Waals surface area contributed by atoms with Crippen molar-refractivity contribution < 1.29 is 4.74 Å². The van der Waals surface area contributed by atoms with Gasteiger partial charge >= 0.3 is 0 Å². The van der Waals surface area contributed by atoms with Crippen molar-refractivity contribution in [2.75, 3.05) is 24.6 Å². The molecule has 1 saturated heterocycles. The van der Waals surface area contributed by atoms with Crippen LogP contribution in [0, 0.1) is 11.3 Å². The Kier molecular flexibility index (Phi) is 3.33. The zero-order valence-corrected chi connectivity index (χ0v) is 9.87. The van der Waals surface area contributed by atoms with Crippen molar-refractivity contribution in [3.63, 3.8) is 0 Å². The number of anilines is 1. The molecule has 0 saturated carbocycles. The molecule has 3 nitrogen and oxygen atoms in total. The van der Waals surface area contributed by atoms with Gasteiger partial charge in [0.05, 0.1) is 24.0 Å². The Morgan fingerprint density at radius 3 is 3.06 bits per heavy atom. The van der Waals surface area contributed by atoms with E-state index in [0.717, 1.165) is 18.8 Å². The minimum absolute atomic E-state index is 0.194. The lowest BCUT2D eigenvalue weighted by atomic mass is 10.1. The monoisotopic (exact) mass is 236 g/mol. The number of halogens is 1. The van der Waals surface area contributed by atoms with Crippen molar-refractivity contribution >= 4 is 17.3 Å².